The molecule has 1 aliphatic heterocycles. The average Bonchev–Trinajstić information content (AvgIpc) is 2.97. The minimum atomic E-state index is -0.680. The van der Waals surface area contributed by atoms with Crippen LogP contribution in [0, 0.1) is 5.92 Å². The van der Waals surface area contributed by atoms with Gasteiger partial charge in [0.05, 0.1) is 12.8 Å². The van der Waals surface area contributed by atoms with Crippen molar-refractivity contribution in [3.8, 4) is 0 Å². The van der Waals surface area contributed by atoms with Crippen LogP contribution in [0.25, 0.3) is 0 Å². The number of aliphatic hydroxyl groups is 1. The molecule has 2 heterocycles. The largest absolute Gasteiger partial charge is 0.467 e. The number of aliphatic hydroxyl groups excluding tert-OH is 1. The van der Waals surface area contributed by atoms with E-state index < -0.39 is 6.10 Å². The zero-order valence-electron chi connectivity index (χ0n) is 12.4. The number of piperidine rings is 1. The molecular weight excluding hydrogens is 254 g/mol. The van der Waals surface area contributed by atoms with Gasteiger partial charge in [-0.25, -0.2) is 4.99 Å². The van der Waals surface area contributed by atoms with E-state index in [1.54, 1.807) is 18.4 Å². The molecule has 5 nitrogen and oxygen atoms in total. The third-order valence-corrected chi connectivity index (χ3v) is 3.58. The monoisotopic (exact) mass is 279 g/mol. The Bertz CT molecular complexity index is 417. The summed E-state index contributed by atoms with van der Waals surface area (Å²) in [6, 6.07) is 3.55. The molecule has 2 atom stereocenters. The Labute approximate surface area is 120 Å². The maximum atomic E-state index is 10.0. The first-order valence-corrected chi connectivity index (χ1v) is 7.45. The summed E-state index contributed by atoms with van der Waals surface area (Å²) < 4.78 is 5.20. The van der Waals surface area contributed by atoms with E-state index in [1.807, 2.05) is 0 Å². The lowest BCUT2D eigenvalue weighted by molar-refractivity contribution is 0.157. The minimum absolute atomic E-state index is 0.320. The van der Waals surface area contributed by atoms with Gasteiger partial charge in [-0.15, -0.1) is 0 Å². The smallest absolute Gasteiger partial charge is 0.194 e. The van der Waals surface area contributed by atoms with E-state index in [-0.39, 0.29) is 0 Å². The van der Waals surface area contributed by atoms with Gasteiger partial charge in [-0.3, -0.25) is 0 Å². The predicted molar refractivity (Wildman–Crippen MR) is 79.6 cm³/mol. The number of hydrogen-bond donors (Lipinski definition) is 2. The summed E-state index contributed by atoms with van der Waals surface area (Å²) in [7, 11) is 0. The van der Waals surface area contributed by atoms with Crippen molar-refractivity contribution in [1.82, 2.24) is 10.2 Å². The fourth-order valence-electron chi connectivity index (χ4n) is 2.55. The third-order valence-electron chi connectivity index (χ3n) is 3.58. The van der Waals surface area contributed by atoms with Crippen molar-refractivity contribution in [2.24, 2.45) is 10.9 Å². The van der Waals surface area contributed by atoms with Crippen LogP contribution in [0.15, 0.2) is 27.8 Å². The summed E-state index contributed by atoms with van der Waals surface area (Å²) in [6.45, 7) is 7.55. The third kappa shape index (κ3) is 4.00. The van der Waals surface area contributed by atoms with Gasteiger partial charge in [-0.2, -0.15) is 0 Å². The van der Waals surface area contributed by atoms with Gasteiger partial charge in [0.25, 0.3) is 0 Å². The molecule has 112 valence electrons. The molecule has 20 heavy (non-hydrogen) atoms. The summed E-state index contributed by atoms with van der Waals surface area (Å²) in [5, 5.41) is 13.3. The molecule has 1 aromatic heterocycles. The molecule has 2 N–H and O–H groups in total. The first-order chi connectivity index (χ1) is 9.70. The second-order valence-corrected chi connectivity index (χ2v) is 5.42. The number of nitrogens with one attached hydrogen (secondary N) is 1. The predicted octanol–water partition coefficient (Wildman–Crippen LogP) is 2.01. The van der Waals surface area contributed by atoms with Gasteiger partial charge in [-0.1, -0.05) is 6.92 Å². The van der Waals surface area contributed by atoms with Crippen LogP contribution in [-0.2, 0) is 0 Å². The number of aliphatic imine (C=N–C) groups is 1. The molecule has 0 aromatic carbocycles. The lowest BCUT2D eigenvalue weighted by Crippen LogP contribution is -2.46. The van der Waals surface area contributed by atoms with Crippen molar-refractivity contribution in [3.05, 3.63) is 24.2 Å². The van der Waals surface area contributed by atoms with E-state index in [0.717, 1.165) is 25.6 Å². The highest BCUT2D eigenvalue weighted by molar-refractivity contribution is 5.80. The average molecular weight is 279 g/mol. The Hall–Kier alpha value is -1.49. The van der Waals surface area contributed by atoms with Gasteiger partial charge in [0.2, 0.25) is 0 Å². The summed E-state index contributed by atoms with van der Waals surface area (Å²) in [6.07, 6.45) is 3.37. The number of nitrogens with zero attached hydrogens (tertiary/aromatic N) is 2. The molecule has 0 bridgehead atoms. The quantitative estimate of drug-likeness (QED) is 0.654. The van der Waals surface area contributed by atoms with Crippen LogP contribution in [0.5, 0.6) is 0 Å². The number of guanidine groups is 1. The van der Waals surface area contributed by atoms with Crippen LogP contribution in [0.3, 0.4) is 0 Å². The molecule has 2 rings (SSSR count). The van der Waals surface area contributed by atoms with Gasteiger partial charge in [-0.05, 0) is 37.8 Å². The second-order valence-electron chi connectivity index (χ2n) is 5.42. The van der Waals surface area contributed by atoms with Gasteiger partial charge in [0.15, 0.2) is 5.96 Å². The molecule has 0 saturated carbocycles. The van der Waals surface area contributed by atoms with Crippen molar-refractivity contribution < 1.29 is 9.52 Å². The summed E-state index contributed by atoms with van der Waals surface area (Å²) in [5.41, 5.74) is 0. The maximum Gasteiger partial charge on any atom is 0.194 e. The first kappa shape index (κ1) is 14.9. The van der Waals surface area contributed by atoms with Crippen molar-refractivity contribution in [1.29, 1.82) is 0 Å². The highest BCUT2D eigenvalue weighted by atomic mass is 16.4. The molecule has 0 aliphatic carbocycles. The molecule has 1 aliphatic rings. The number of furan rings is 1. The first-order valence-electron chi connectivity index (χ1n) is 7.45. The Morgan fingerprint density at radius 3 is 3.15 bits per heavy atom. The van der Waals surface area contributed by atoms with Crippen LogP contribution >= 0.6 is 0 Å². The molecule has 0 amide bonds. The van der Waals surface area contributed by atoms with E-state index in [1.165, 1.54) is 12.8 Å². The Morgan fingerprint density at radius 2 is 2.50 bits per heavy atom. The minimum Gasteiger partial charge on any atom is -0.467 e. The van der Waals surface area contributed by atoms with Crippen LogP contribution in [-0.4, -0.2) is 42.1 Å². The summed E-state index contributed by atoms with van der Waals surface area (Å²) >= 11 is 0. The van der Waals surface area contributed by atoms with Crippen LogP contribution in [0.4, 0.5) is 0 Å². The molecule has 2 unspecified atom stereocenters. The number of rotatable bonds is 4. The summed E-state index contributed by atoms with van der Waals surface area (Å²) in [5.74, 6) is 2.16. The molecule has 5 heteroatoms. The number of hydrogen-bond acceptors (Lipinski definition) is 3. The van der Waals surface area contributed by atoms with Crippen molar-refractivity contribution in [2.75, 3.05) is 26.2 Å². The standard InChI is InChI=1S/C15H25N3O2/c1-3-16-15(18-8-4-6-12(2)11-18)17-10-13(19)14-7-5-9-20-14/h5,7,9,12-13,19H,3-4,6,8,10-11H2,1-2H3,(H,16,17). The fraction of sp³-hybridized carbons (Fsp3) is 0.667. The molecule has 1 fully saturated rings. The van der Waals surface area contributed by atoms with E-state index in [0.29, 0.717) is 18.2 Å². The normalized spacial score (nSPS) is 21.9. The molecule has 1 saturated heterocycles. The Balaban J connectivity index is 1.98. The van der Waals surface area contributed by atoms with Crippen molar-refractivity contribution >= 4 is 5.96 Å². The van der Waals surface area contributed by atoms with Gasteiger partial charge in [0, 0.05) is 19.6 Å². The van der Waals surface area contributed by atoms with E-state index in [4.69, 9.17) is 4.42 Å². The molecule has 0 radical (unpaired) electrons. The molecule has 0 spiro atoms. The van der Waals surface area contributed by atoms with Gasteiger partial charge < -0.3 is 19.7 Å². The van der Waals surface area contributed by atoms with Crippen LogP contribution in [0.1, 0.15) is 38.6 Å². The zero-order chi connectivity index (χ0) is 14.4. The van der Waals surface area contributed by atoms with E-state index in [2.05, 4.69) is 29.1 Å². The topological polar surface area (TPSA) is 61.0 Å². The highest BCUT2D eigenvalue weighted by Gasteiger charge is 2.19. The SMILES string of the molecule is CCNC(=NCC(O)c1ccco1)N1CCCC(C)C1. The summed E-state index contributed by atoms with van der Waals surface area (Å²) in [4.78, 5) is 6.83. The lowest BCUT2D eigenvalue weighted by atomic mass is 10.0. The Morgan fingerprint density at radius 1 is 1.65 bits per heavy atom. The highest BCUT2D eigenvalue weighted by Crippen LogP contribution is 2.17. The molecular formula is C15H25N3O2. The van der Waals surface area contributed by atoms with Gasteiger partial charge >= 0.3 is 0 Å². The van der Waals surface area contributed by atoms with E-state index >= 15 is 0 Å². The van der Waals surface area contributed by atoms with Crippen LogP contribution in [0.2, 0.25) is 0 Å². The fourth-order valence-corrected chi connectivity index (χ4v) is 2.55. The number of likely N-dealkylation sites (tertiary alicyclic amines) is 1. The Kier molecular flexibility index (Phi) is 5.47. The van der Waals surface area contributed by atoms with Crippen molar-refractivity contribution in [2.45, 2.75) is 32.8 Å². The molecule has 1 aromatic rings. The van der Waals surface area contributed by atoms with E-state index in [9.17, 15) is 5.11 Å². The maximum absolute atomic E-state index is 10.0. The van der Waals surface area contributed by atoms with Crippen LogP contribution < -0.4 is 5.32 Å². The van der Waals surface area contributed by atoms with Gasteiger partial charge in [0.1, 0.15) is 11.9 Å². The second kappa shape index (κ2) is 7.33. The lowest BCUT2D eigenvalue weighted by Gasteiger charge is -2.33. The van der Waals surface area contributed by atoms with Crippen molar-refractivity contribution in [3.63, 3.8) is 0 Å². The zero-order valence-corrected chi connectivity index (χ0v) is 12.4.